The second kappa shape index (κ2) is 7.67. The second-order valence-electron chi connectivity index (χ2n) is 5.00. The highest BCUT2D eigenvalue weighted by atomic mass is 16.5. The van der Waals surface area contributed by atoms with Crippen molar-refractivity contribution in [2.24, 2.45) is 5.92 Å². The molecule has 0 aromatic carbocycles. The number of nitrogens with one attached hydrogen (secondary N) is 1. The van der Waals surface area contributed by atoms with Crippen LogP contribution in [0.1, 0.15) is 32.6 Å². The zero-order chi connectivity index (χ0) is 12.7. The summed E-state index contributed by atoms with van der Waals surface area (Å²) in [6.07, 6.45) is 4.30. The Morgan fingerprint density at radius 1 is 1.47 bits per heavy atom. The van der Waals surface area contributed by atoms with Gasteiger partial charge >= 0.3 is 5.97 Å². The van der Waals surface area contributed by atoms with Crippen LogP contribution in [0.3, 0.4) is 0 Å². The first-order valence-electron chi connectivity index (χ1n) is 6.62. The molecule has 1 aliphatic heterocycles. The fourth-order valence-electron chi connectivity index (χ4n) is 2.48. The summed E-state index contributed by atoms with van der Waals surface area (Å²) in [5, 5.41) is 3.21. The number of hydrogen-bond acceptors (Lipinski definition) is 4. The molecule has 0 saturated carbocycles. The molecule has 0 bridgehead atoms. The Hall–Kier alpha value is -0.610. The molecule has 100 valence electrons. The van der Waals surface area contributed by atoms with E-state index in [2.05, 4.69) is 17.1 Å². The van der Waals surface area contributed by atoms with Gasteiger partial charge in [-0.1, -0.05) is 0 Å². The zero-order valence-electron chi connectivity index (χ0n) is 11.4. The van der Waals surface area contributed by atoms with Crippen LogP contribution in [0.5, 0.6) is 0 Å². The van der Waals surface area contributed by atoms with Crippen molar-refractivity contribution in [3.05, 3.63) is 0 Å². The van der Waals surface area contributed by atoms with Crippen LogP contribution in [-0.2, 0) is 9.53 Å². The van der Waals surface area contributed by atoms with Crippen LogP contribution in [0.15, 0.2) is 0 Å². The molecule has 17 heavy (non-hydrogen) atoms. The van der Waals surface area contributed by atoms with Crippen molar-refractivity contribution in [2.75, 3.05) is 33.8 Å². The van der Waals surface area contributed by atoms with Gasteiger partial charge in [-0.3, -0.25) is 4.79 Å². The summed E-state index contributed by atoms with van der Waals surface area (Å²) in [6, 6.07) is 0.313. The highest BCUT2D eigenvalue weighted by Crippen LogP contribution is 2.22. The molecular weight excluding hydrogens is 216 g/mol. The van der Waals surface area contributed by atoms with Crippen molar-refractivity contribution in [1.82, 2.24) is 10.2 Å². The van der Waals surface area contributed by atoms with Gasteiger partial charge in [0.15, 0.2) is 0 Å². The average molecular weight is 242 g/mol. The number of piperidine rings is 1. The van der Waals surface area contributed by atoms with E-state index >= 15 is 0 Å². The molecule has 1 unspecified atom stereocenters. The summed E-state index contributed by atoms with van der Waals surface area (Å²) in [7, 11) is 3.46. The van der Waals surface area contributed by atoms with Crippen molar-refractivity contribution < 1.29 is 9.53 Å². The summed E-state index contributed by atoms with van der Waals surface area (Å²) < 4.78 is 4.71. The Kier molecular flexibility index (Phi) is 6.52. The van der Waals surface area contributed by atoms with Gasteiger partial charge in [-0.25, -0.2) is 0 Å². The van der Waals surface area contributed by atoms with Crippen molar-refractivity contribution in [2.45, 2.75) is 38.6 Å². The molecule has 1 N–H and O–H groups in total. The van der Waals surface area contributed by atoms with Crippen LogP contribution >= 0.6 is 0 Å². The molecule has 1 fully saturated rings. The van der Waals surface area contributed by atoms with Gasteiger partial charge in [0.25, 0.3) is 0 Å². The third-order valence-corrected chi connectivity index (χ3v) is 3.76. The third-order valence-electron chi connectivity index (χ3n) is 3.76. The van der Waals surface area contributed by atoms with Gasteiger partial charge in [0, 0.05) is 6.04 Å². The molecule has 4 heteroatoms. The Balaban J connectivity index is 2.23. The monoisotopic (exact) mass is 242 g/mol. The number of hydrogen-bond donors (Lipinski definition) is 1. The van der Waals surface area contributed by atoms with Crippen LogP contribution in [0.25, 0.3) is 0 Å². The van der Waals surface area contributed by atoms with Gasteiger partial charge in [0.2, 0.25) is 0 Å². The molecular formula is C13H26N2O2. The number of carbonyl (C=O) groups is 1. The van der Waals surface area contributed by atoms with Crippen LogP contribution in [-0.4, -0.2) is 50.7 Å². The van der Waals surface area contributed by atoms with Crippen LogP contribution < -0.4 is 5.32 Å². The minimum Gasteiger partial charge on any atom is -0.469 e. The number of nitrogens with zero attached hydrogens (tertiary/aromatic N) is 1. The fourth-order valence-corrected chi connectivity index (χ4v) is 2.48. The van der Waals surface area contributed by atoms with E-state index in [4.69, 9.17) is 4.74 Å². The minimum atomic E-state index is -0.102. The lowest BCUT2D eigenvalue weighted by molar-refractivity contribution is -0.142. The summed E-state index contributed by atoms with van der Waals surface area (Å²) in [5.74, 6) is 0.749. The first kappa shape index (κ1) is 14.5. The maximum absolute atomic E-state index is 11.2. The molecule has 0 aliphatic carbocycles. The van der Waals surface area contributed by atoms with Crippen molar-refractivity contribution in [3.8, 4) is 0 Å². The minimum absolute atomic E-state index is 0.102. The first-order chi connectivity index (χ1) is 8.17. The second-order valence-corrected chi connectivity index (χ2v) is 5.00. The van der Waals surface area contributed by atoms with Gasteiger partial charge < -0.3 is 15.0 Å². The van der Waals surface area contributed by atoms with Crippen LogP contribution in [0, 0.1) is 5.92 Å². The summed E-state index contributed by atoms with van der Waals surface area (Å²) in [5.41, 5.74) is 0. The number of carbonyl (C=O) groups excluding carboxylic acids is 1. The van der Waals surface area contributed by atoms with E-state index in [0.29, 0.717) is 12.5 Å². The summed E-state index contributed by atoms with van der Waals surface area (Å²) in [4.78, 5) is 13.6. The Morgan fingerprint density at radius 2 is 2.12 bits per heavy atom. The largest absolute Gasteiger partial charge is 0.469 e. The number of methoxy groups -OCH3 is 1. The molecule has 1 rings (SSSR count). The lowest BCUT2D eigenvalue weighted by atomic mass is 9.92. The summed E-state index contributed by atoms with van der Waals surface area (Å²) >= 11 is 0. The normalized spacial score (nSPS) is 20.2. The molecule has 0 aromatic rings. The lowest BCUT2D eigenvalue weighted by Crippen LogP contribution is -2.41. The predicted octanol–water partition coefficient (Wildman–Crippen LogP) is 1.26. The van der Waals surface area contributed by atoms with Crippen LogP contribution in [0.4, 0.5) is 0 Å². The maximum Gasteiger partial charge on any atom is 0.307 e. The number of ether oxygens (including phenoxy) is 1. The smallest absolute Gasteiger partial charge is 0.307 e. The van der Waals surface area contributed by atoms with Gasteiger partial charge in [-0.05, 0) is 58.8 Å². The maximum atomic E-state index is 11.2. The first-order valence-corrected chi connectivity index (χ1v) is 6.62. The molecule has 1 atom stereocenters. The highest BCUT2D eigenvalue weighted by Gasteiger charge is 2.23. The molecule has 1 heterocycles. The van der Waals surface area contributed by atoms with E-state index in [-0.39, 0.29) is 5.97 Å². The Bertz CT molecular complexity index is 225. The van der Waals surface area contributed by atoms with Crippen molar-refractivity contribution in [1.29, 1.82) is 0 Å². The third kappa shape index (κ3) is 5.04. The number of rotatable bonds is 6. The van der Waals surface area contributed by atoms with Crippen molar-refractivity contribution >= 4 is 5.97 Å². The van der Waals surface area contributed by atoms with Crippen LogP contribution in [0.2, 0.25) is 0 Å². The number of esters is 1. The average Bonchev–Trinajstić information content (AvgIpc) is 2.36. The van der Waals surface area contributed by atoms with Gasteiger partial charge in [-0.15, -0.1) is 0 Å². The van der Waals surface area contributed by atoms with E-state index in [1.54, 1.807) is 0 Å². The molecule has 0 amide bonds. The zero-order valence-corrected chi connectivity index (χ0v) is 11.4. The number of likely N-dealkylation sites (tertiary alicyclic amines) is 1. The van der Waals surface area contributed by atoms with E-state index < -0.39 is 0 Å². The molecule has 0 radical (unpaired) electrons. The summed E-state index contributed by atoms with van der Waals surface area (Å²) in [6.45, 7) is 5.46. The van der Waals surface area contributed by atoms with Crippen molar-refractivity contribution in [3.63, 3.8) is 0 Å². The SMILES string of the molecule is CNCCC1CCN(C(C)CC(=O)OC)CC1. The molecule has 0 spiro atoms. The predicted molar refractivity (Wildman–Crippen MR) is 68.9 cm³/mol. The highest BCUT2D eigenvalue weighted by molar-refractivity contribution is 5.69. The van der Waals surface area contributed by atoms with E-state index in [1.165, 1.54) is 26.4 Å². The molecule has 1 aliphatic rings. The topological polar surface area (TPSA) is 41.6 Å². The van der Waals surface area contributed by atoms with E-state index in [1.807, 2.05) is 7.05 Å². The Labute approximate surface area is 105 Å². The van der Waals surface area contributed by atoms with Gasteiger partial charge in [-0.2, -0.15) is 0 Å². The van der Waals surface area contributed by atoms with Gasteiger partial charge in [0.1, 0.15) is 0 Å². The Morgan fingerprint density at radius 3 is 2.65 bits per heavy atom. The molecule has 1 saturated heterocycles. The van der Waals surface area contributed by atoms with E-state index in [9.17, 15) is 4.79 Å². The standard InChI is InChI=1S/C13H26N2O2/c1-11(10-13(16)17-3)15-8-5-12(6-9-15)4-7-14-2/h11-12,14H,4-10H2,1-3H3. The van der Waals surface area contributed by atoms with Gasteiger partial charge in [0.05, 0.1) is 13.5 Å². The van der Waals surface area contributed by atoms with E-state index in [0.717, 1.165) is 25.6 Å². The fraction of sp³-hybridized carbons (Fsp3) is 0.923. The quantitative estimate of drug-likeness (QED) is 0.712. The molecule has 0 aromatic heterocycles. The lowest BCUT2D eigenvalue weighted by Gasteiger charge is -2.35. The molecule has 4 nitrogen and oxygen atoms in total.